The van der Waals surface area contributed by atoms with E-state index in [-0.39, 0.29) is 0 Å². The van der Waals surface area contributed by atoms with Crippen molar-refractivity contribution in [2.45, 2.75) is 33.0 Å². The van der Waals surface area contributed by atoms with Crippen molar-refractivity contribution in [3.63, 3.8) is 0 Å². The Balaban J connectivity index is 1.72. The van der Waals surface area contributed by atoms with E-state index in [1.54, 1.807) is 4.68 Å². The normalized spacial score (nSPS) is 17.7. The van der Waals surface area contributed by atoms with Crippen LogP contribution in [0.4, 0.5) is 5.69 Å². The number of allylic oxidation sites excluding steroid dienone is 1. The minimum absolute atomic E-state index is 0.431. The quantitative estimate of drug-likeness (QED) is 0.649. The molecular formula is C25H28N4O2. The van der Waals surface area contributed by atoms with E-state index in [4.69, 9.17) is 9.73 Å². The van der Waals surface area contributed by atoms with E-state index in [2.05, 4.69) is 17.2 Å². The number of hydrogen-bond acceptors (Lipinski definition) is 5. The summed E-state index contributed by atoms with van der Waals surface area (Å²) >= 11 is 0. The maximum absolute atomic E-state index is 11.0. The fourth-order valence-electron chi connectivity index (χ4n) is 3.81. The van der Waals surface area contributed by atoms with Gasteiger partial charge in [-0.05, 0) is 43.2 Å². The van der Waals surface area contributed by atoms with Crippen LogP contribution in [0.1, 0.15) is 30.0 Å². The van der Waals surface area contributed by atoms with E-state index in [9.17, 15) is 5.11 Å². The predicted octanol–water partition coefficient (Wildman–Crippen LogP) is 4.34. The summed E-state index contributed by atoms with van der Waals surface area (Å²) in [5.41, 5.74) is 5.96. The summed E-state index contributed by atoms with van der Waals surface area (Å²) < 4.78 is 7.39. The highest BCUT2D eigenvalue weighted by molar-refractivity contribution is 6.25. The highest BCUT2D eigenvalue weighted by atomic mass is 16.5. The number of ether oxygens (including phenoxy) is 1. The standard InChI is InChI=1S/C25H28N4O2/c1-4-31-21-10-11-24(18(2)12-21)29-17-22(20-15-27-28(3)16-20)23(13-25(29)30)26-14-19-8-6-5-7-9-19/h5-12,15-17,25,30H,4,13-14H2,1-3H3. The first kappa shape index (κ1) is 20.9. The average molecular weight is 417 g/mol. The van der Waals surface area contributed by atoms with Gasteiger partial charge < -0.3 is 14.7 Å². The number of hydrogen-bond donors (Lipinski definition) is 1. The summed E-state index contributed by atoms with van der Waals surface area (Å²) in [4.78, 5) is 6.78. The fraction of sp³-hybridized carbons (Fsp3) is 0.280. The van der Waals surface area contributed by atoms with Gasteiger partial charge in [0, 0.05) is 48.4 Å². The van der Waals surface area contributed by atoms with Gasteiger partial charge >= 0.3 is 0 Å². The average Bonchev–Trinajstić information content (AvgIpc) is 3.20. The van der Waals surface area contributed by atoms with Crippen molar-refractivity contribution in [3.05, 3.63) is 83.8 Å². The molecule has 31 heavy (non-hydrogen) atoms. The lowest BCUT2D eigenvalue weighted by Crippen LogP contribution is -2.37. The van der Waals surface area contributed by atoms with E-state index in [1.807, 2.05) is 80.8 Å². The zero-order chi connectivity index (χ0) is 21.8. The van der Waals surface area contributed by atoms with Crippen LogP contribution in [0.2, 0.25) is 0 Å². The van der Waals surface area contributed by atoms with Crippen molar-refractivity contribution in [2.24, 2.45) is 12.0 Å². The summed E-state index contributed by atoms with van der Waals surface area (Å²) in [6, 6.07) is 16.1. The minimum Gasteiger partial charge on any atom is -0.494 e. The van der Waals surface area contributed by atoms with Crippen LogP contribution in [0.15, 0.2) is 72.1 Å². The summed E-state index contributed by atoms with van der Waals surface area (Å²) in [6.45, 7) is 5.19. The maximum Gasteiger partial charge on any atom is 0.136 e. The molecule has 0 aliphatic carbocycles. The van der Waals surface area contributed by atoms with Crippen molar-refractivity contribution in [1.29, 1.82) is 0 Å². The third kappa shape index (κ3) is 4.70. The van der Waals surface area contributed by atoms with Crippen molar-refractivity contribution in [3.8, 4) is 5.75 Å². The van der Waals surface area contributed by atoms with Crippen LogP contribution in [-0.4, -0.2) is 33.4 Å². The Hall–Kier alpha value is -3.38. The first-order valence-corrected chi connectivity index (χ1v) is 10.5. The van der Waals surface area contributed by atoms with Gasteiger partial charge in [-0.1, -0.05) is 30.3 Å². The molecule has 1 unspecified atom stereocenters. The molecule has 6 nitrogen and oxygen atoms in total. The molecule has 2 aromatic carbocycles. The lowest BCUT2D eigenvalue weighted by atomic mass is 9.97. The number of aromatic nitrogens is 2. The molecule has 160 valence electrons. The second-order valence-electron chi connectivity index (χ2n) is 7.67. The highest BCUT2D eigenvalue weighted by Gasteiger charge is 2.27. The van der Waals surface area contributed by atoms with E-state index < -0.39 is 6.23 Å². The number of rotatable bonds is 6. The van der Waals surface area contributed by atoms with Crippen LogP contribution in [-0.2, 0) is 13.6 Å². The van der Waals surface area contributed by atoms with Gasteiger partial charge in [0.15, 0.2) is 0 Å². The van der Waals surface area contributed by atoms with Crippen molar-refractivity contribution in [2.75, 3.05) is 11.5 Å². The van der Waals surface area contributed by atoms with E-state index in [0.717, 1.165) is 39.4 Å². The molecule has 0 saturated heterocycles. The predicted molar refractivity (Wildman–Crippen MR) is 124 cm³/mol. The zero-order valence-corrected chi connectivity index (χ0v) is 18.2. The van der Waals surface area contributed by atoms with Gasteiger partial charge in [0.05, 0.1) is 19.3 Å². The molecular weight excluding hydrogens is 388 g/mol. The molecule has 1 atom stereocenters. The zero-order valence-electron chi connectivity index (χ0n) is 18.2. The molecule has 1 N–H and O–H groups in total. The molecule has 0 saturated carbocycles. The van der Waals surface area contributed by atoms with Gasteiger partial charge in [0.1, 0.15) is 12.0 Å². The molecule has 4 rings (SSSR count). The molecule has 1 aliphatic rings. The molecule has 3 aromatic rings. The number of aliphatic imine (C=N–C) groups is 1. The first-order chi connectivity index (χ1) is 15.0. The molecule has 0 fully saturated rings. The number of nitrogens with zero attached hydrogens (tertiary/aromatic N) is 4. The number of aliphatic hydroxyl groups is 1. The van der Waals surface area contributed by atoms with Gasteiger partial charge in [0.2, 0.25) is 0 Å². The Morgan fingerprint density at radius 3 is 2.68 bits per heavy atom. The Morgan fingerprint density at radius 1 is 1.19 bits per heavy atom. The van der Waals surface area contributed by atoms with Crippen LogP contribution in [0, 0.1) is 6.92 Å². The minimum atomic E-state index is -0.702. The molecule has 0 spiro atoms. The summed E-state index contributed by atoms with van der Waals surface area (Å²) in [5.74, 6) is 0.830. The van der Waals surface area contributed by atoms with E-state index >= 15 is 0 Å². The lowest BCUT2D eigenvalue weighted by molar-refractivity contribution is 0.186. The van der Waals surface area contributed by atoms with Gasteiger partial charge in [-0.3, -0.25) is 9.67 Å². The van der Waals surface area contributed by atoms with Gasteiger partial charge in [-0.2, -0.15) is 5.10 Å². The Kier molecular flexibility index (Phi) is 6.18. The lowest BCUT2D eigenvalue weighted by Gasteiger charge is -2.34. The summed E-state index contributed by atoms with van der Waals surface area (Å²) in [7, 11) is 1.90. The van der Waals surface area contributed by atoms with Gasteiger partial charge in [0.25, 0.3) is 0 Å². The molecule has 1 aromatic heterocycles. The van der Waals surface area contributed by atoms with Crippen LogP contribution < -0.4 is 9.64 Å². The van der Waals surface area contributed by atoms with Crippen molar-refractivity contribution in [1.82, 2.24) is 9.78 Å². The molecule has 1 aliphatic heterocycles. The Labute approximate surface area is 183 Å². The van der Waals surface area contributed by atoms with Crippen molar-refractivity contribution >= 4 is 17.0 Å². The summed E-state index contributed by atoms with van der Waals surface area (Å²) in [5, 5.41) is 15.3. The highest BCUT2D eigenvalue weighted by Crippen LogP contribution is 2.33. The van der Waals surface area contributed by atoms with Crippen LogP contribution in [0.3, 0.4) is 0 Å². The topological polar surface area (TPSA) is 62.9 Å². The first-order valence-electron chi connectivity index (χ1n) is 10.5. The van der Waals surface area contributed by atoms with Crippen LogP contribution in [0.25, 0.3) is 5.57 Å². The monoisotopic (exact) mass is 416 g/mol. The van der Waals surface area contributed by atoms with Crippen LogP contribution >= 0.6 is 0 Å². The third-order valence-corrected chi connectivity index (χ3v) is 5.34. The second-order valence-corrected chi connectivity index (χ2v) is 7.67. The SMILES string of the molecule is CCOc1ccc(N2C=C(c3cnn(C)c3)C(=NCc3ccccc3)CC2O)c(C)c1. The number of anilines is 1. The maximum atomic E-state index is 11.0. The molecule has 0 bridgehead atoms. The molecule has 6 heteroatoms. The molecule has 0 amide bonds. The van der Waals surface area contributed by atoms with E-state index in [0.29, 0.717) is 19.6 Å². The Bertz CT molecular complexity index is 1100. The number of benzene rings is 2. The van der Waals surface area contributed by atoms with Gasteiger partial charge in [-0.25, -0.2) is 0 Å². The second kappa shape index (κ2) is 9.18. The number of aliphatic hydroxyl groups excluding tert-OH is 1. The van der Waals surface area contributed by atoms with Crippen molar-refractivity contribution < 1.29 is 9.84 Å². The smallest absolute Gasteiger partial charge is 0.136 e. The molecule has 0 radical (unpaired) electrons. The number of aryl methyl sites for hydroxylation is 2. The third-order valence-electron chi connectivity index (χ3n) is 5.34. The van der Waals surface area contributed by atoms with Gasteiger partial charge in [-0.15, -0.1) is 0 Å². The molecule has 2 heterocycles. The van der Waals surface area contributed by atoms with Crippen LogP contribution in [0.5, 0.6) is 5.75 Å². The summed E-state index contributed by atoms with van der Waals surface area (Å²) in [6.07, 6.45) is 5.53. The largest absolute Gasteiger partial charge is 0.494 e. The fourth-order valence-corrected chi connectivity index (χ4v) is 3.81. The van der Waals surface area contributed by atoms with E-state index in [1.165, 1.54) is 0 Å². The Morgan fingerprint density at radius 2 is 2.00 bits per heavy atom.